The summed E-state index contributed by atoms with van der Waals surface area (Å²) in [7, 11) is 0. The summed E-state index contributed by atoms with van der Waals surface area (Å²) in [5.74, 6) is 0. The van der Waals surface area contributed by atoms with Gasteiger partial charge in [-0.3, -0.25) is 0 Å². The third-order valence-electron chi connectivity index (χ3n) is 3.79. The van der Waals surface area contributed by atoms with Crippen LogP contribution in [0, 0.1) is 0 Å². The molecule has 0 heterocycles. The molecule has 1 saturated carbocycles. The summed E-state index contributed by atoms with van der Waals surface area (Å²) in [6.07, 6.45) is 14.2. The van der Waals surface area contributed by atoms with E-state index in [4.69, 9.17) is 0 Å². The van der Waals surface area contributed by atoms with Crippen LogP contribution in [-0.2, 0) is 9.59 Å². The van der Waals surface area contributed by atoms with E-state index in [9.17, 15) is 9.59 Å². The van der Waals surface area contributed by atoms with E-state index in [1.165, 1.54) is 25.7 Å². The molecule has 0 aromatic heterocycles. The Kier molecular flexibility index (Phi) is 7.24. The van der Waals surface area contributed by atoms with Crippen molar-refractivity contribution in [3.63, 3.8) is 0 Å². The van der Waals surface area contributed by atoms with Crippen molar-refractivity contribution in [1.82, 2.24) is 0 Å². The molecule has 100 valence electrons. The second-order valence-electron chi connectivity index (χ2n) is 5.13. The maximum absolute atomic E-state index is 10.6. The third-order valence-corrected chi connectivity index (χ3v) is 3.79. The molecule has 4 nitrogen and oxygen atoms in total. The fraction of sp³-hybridized carbons (Fsp3) is 0.857. The first kappa shape index (κ1) is 14.8. The SMILES string of the molecule is O=C=NCCCCCC1(N=C=O)CCCCCC1. The number of rotatable bonds is 7. The van der Waals surface area contributed by atoms with Gasteiger partial charge in [-0.25, -0.2) is 14.6 Å². The number of hydrogen-bond donors (Lipinski definition) is 0. The average molecular weight is 250 g/mol. The van der Waals surface area contributed by atoms with E-state index in [-0.39, 0.29) is 5.54 Å². The summed E-state index contributed by atoms with van der Waals surface area (Å²) in [4.78, 5) is 28.2. The molecule has 18 heavy (non-hydrogen) atoms. The lowest BCUT2D eigenvalue weighted by Crippen LogP contribution is -2.25. The lowest BCUT2D eigenvalue weighted by atomic mass is 9.85. The molecule has 0 radical (unpaired) electrons. The fourth-order valence-electron chi connectivity index (χ4n) is 2.77. The van der Waals surface area contributed by atoms with E-state index in [1.807, 2.05) is 0 Å². The summed E-state index contributed by atoms with van der Waals surface area (Å²) in [6, 6.07) is 0. The number of unbranched alkanes of at least 4 members (excludes halogenated alkanes) is 2. The van der Waals surface area contributed by atoms with Gasteiger partial charge in [-0.1, -0.05) is 38.5 Å². The molecular formula is C14H22N2O2. The summed E-state index contributed by atoms with van der Waals surface area (Å²) >= 11 is 0. The van der Waals surface area contributed by atoms with Crippen LogP contribution in [0.4, 0.5) is 0 Å². The quantitative estimate of drug-likeness (QED) is 0.301. The maximum Gasteiger partial charge on any atom is 0.235 e. The molecule has 1 aliphatic rings. The molecule has 4 heteroatoms. The van der Waals surface area contributed by atoms with Gasteiger partial charge >= 0.3 is 0 Å². The Bertz CT molecular complexity index is 321. The van der Waals surface area contributed by atoms with Gasteiger partial charge in [0.05, 0.1) is 12.1 Å². The van der Waals surface area contributed by atoms with E-state index < -0.39 is 0 Å². The van der Waals surface area contributed by atoms with Crippen LogP contribution in [-0.4, -0.2) is 24.2 Å². The molecule has 0 spiro atoms. The normalized spacial score (nSPS) is 18.2. The van der Waals surface area contributed by atoms with Gasteiger partial charge in [-0.05, 0) is 25.7 Å². The first-order chi connectivity index (χ1) is 8.83. The lowest BCUT2D eigenvalue weighted by molar-refractivity contribution is 0.333. The largest absolute Gasteiger partial charge is 0.235 e. The summed E-state index contributed by atoms with van der Waals surface area (Å²) in [5.41, 5.74) is -0.147. The Balaban J connectivity index is 2.36. The zero-order valence-electron chi connectivity index (χ0n) is 11.0. The van der Waals surface area contributed by atoms with Crippen molar-refractivity contribution in [2.45, 2.75) is 69.7 Å². The van der Waals surface area contributed by atoms with E-state index in [1.54, 1.807) is 12.2 Å². The van der Waals surface area contributed by atoms with Gasteiger partial charge in [0.1, 0.15) is 0 Å². The standard InChI is InChI=1S/C14H22N2O2/c17-12-15-11-7-3-6-10-14(16-13-18)8-4-1-2-5-9-14/h1-11H2. The van der Waals surface area contributed by atoms with E-state index in [0.29, 0.717) is 6.54 Å². The van der Waals surface area contributed by atoms with Gasteiger partial charge < -0.3 is 0 Å². The van der Waals surface area contributed by atoms with Crippen molar-refractivity contribution in [1.29, 1.82) is 0 Å². The Hall–Kier alpha value is -1.24. The summed E-state index contributed by atoms with van der Waals surface area (Å²) in [6.45, 7) is 0.563. The minimum Gasteiger partial charge on any atom is -0.211 e. The van der Waals surface area contributed by atoms with Crippen molar-refractivity contribution in [3.8, 4) is 0 Å². The lowest BCUT2D eigenvalue weighted by Gasteiger charge is -2.26. The van der Waals surface area contributed by atoms with E-state index in [2.05, 4.69) is 9.98 Å². The van der Waals surface area contributed by atoms with Crippen LogP contribution in [0.3, 0.4) is 0 Å². The van der Waals surface area contributed by atoms with Crippen LogP contribution in [0.25, 0.3) is 0 Å². The molecular weight excluding hydrogens is 228 g/mol. The van der Waals surface area contributed by atoms with Crippen LogP contribution in [0.15, 0.2) is 9.98 Å². The van der Waals surface area contributed by atoms with E-state index >= 15 is 0 Å². The Morgan fingerprint density at radius 1 is 0.889 bits per heavy atom. The second-order valence-corrected chi connectivity index (χ2v) is 5.13. The van der Waals surface area contributed by atoms with Gasteiger partial charge in [0.2, 0.25) is 12.2 Å². The summed E-state index contributed by atoms with van der Waals surface area (Å²) in [5, 5.41) is 0. The van der Waals surface area contributed by atoms with E-state index in [0.717, 1.165) is 38.5 Å². The Morgan fingerprint density at radius 2 is 1.61 bits per heavy atom. The second kappa shape index (κ2) is 8.79. The number of isocyanates is 2. The molecule has 1 rings (SSSR count). The van der Waals surface area contributed by atoms with Gasteiger partial charge in [-0.2, -0.15) is 4.99 Å². The molecule has 0 aliphatic heterocycles. The molecule has 0 amide bonds. The van der Waals surface area contributed by atoms with Gasteiger partial charge in [0, 0.05) is 0 Å². The number of hydrogen-bond acceptors (Lipinski definition) is 4. The number of carbonyl (C=O) groups excluding carboxylic acids is 2. The molecule has 0 N–H and O–H groups in total. The summed E-state index contributed by atoms with van der Waals surface area (Å²) < 4.78 is 0. The van der Waals surface area contributed by atoms with Gasteiger partial charge in [0.25, 0.3) is 0 Å². The molecule has 0 atom stereocenters. The molecule has 0 saturated heterocycles. The zero-order chi connectivity index (χ0) is 13.1. The highest BCUT2D eigenvalue weighted by Gasteiger charge is 2.29. The molecule has 0 aromatic rings. The van der Waals surface area contributed by atoms with Crippen LogP contribution in [0.5, 0.6) is 0 Å². The Labute approximate surface area is 109 Å². The minimum absolute atomic E-state index is 0.147. The number of nitrogens with zero attached hydrogens (tertiary/aromatic N) is 2. The molecule has 0 unspecified atom stereocenters. The number of aliphatic imine (C=N–C) groups is 2. The van der Waals surface area contributed by atoms with Crippen molar-refractivity contribution >= 4 is 12.2 Å². The highest BCUT2D eigenvalue weighted by Crippen LogP contribution is 2.34. The van der Waals surface area contributed by atoms with Crippen LogP contribution < -0.4 is 0 Å². The van der Waals surface area contributed by atoms with Crippen molar-refractivity contribution in [3.05, 3.63) is 0 Å². The molecule has 0 aromatic carbocycles. The first-order valence-corrected chi connectivity index (χ1v) is 6.96. The van der Waals surface area contributed by atoms with Gasteiger partial charge in [-0.15, -0.1) is 0 Å². The van der Waals surface area contributed by atoms with Crippen LogP contribution in [0.2, 0.25) is 0 Å². The predicted octanol–water partition coefficient (Wildman–Crippen LogP) is 3.31. The molecule has 0 bridgehead atoms. The topological polar surface area (TPSA) is 58.9 Å². The first-order valence-electron chi connectivity index (χ1n) is 6.96. The Morgan fingerprint density at radius 3 is 2.22 bits per heavy atom. The minimum atomic E-state index is -0.147. The smallest absolute Gasteiger partial charge is 0.211 e. The average Bonchev–Trinajstić information content (AvgIpc) is 2.60. The van der Waals surface area contributed by atoms with Crippen molar-refractivity contribution < 1.29 is 9.59 Å². The molecule has 1 fully saturated rings. The predicted molar refractivity (Wildman–Crippen MR) is 70.0 cm³/mol. The van der Waals surface area contributed by atoms with Crippen molar-refractivity contribution in [2.24, 2.45) is 9.98 Å². The maximum atomic E-state index is 10.6. The van der Waals surface area contributed by atoms with Crippen LogP contribution in [0.1, 0.15) is 64.2 Å². The molecule has 1 aliphatic carbocycles. The highest BCUT2D eigenvalue weighted by atomic mass is 16.1. The fourth-order valence-corrected chi connectivity index (χ4v) is 2.77. The zero-order valence-corrected chi connectivity index (χ0v) is 11.0. The van der Waals surface area contributed by atoms with Crippen LogP contribution >= 0.6 is 0 Å². The third kappa shape index (κ3) is 5.39. The van der Waals surface area contributed by atoms with Gasteiger partial charge in [0.15, 0.2) is 0 Å². The highest BCUT2D eigenvalue weighted by molar-refractivity contribution is 5.35. The van der Waals surface area contributed by atoms with Crippen molar-refractivity contribution in [2.75, 3.05) is 6.54 Å². The monoisotopic (exact) mass is 250 g/mol.